The molecule has 48 valence electrons. The fourth-order valence-electron chi connectivity index (χ4n) is 0.377. The molecule has 1 aromatic heterocycles. The average molecular weight is 144 g/mol. The molecule has 1 heterocycles. The minimum absolute atomic E-state index is 0.405. The number of nitrogens with one attached hydrogen (secondary N) is 1. The van der Waals surface area contributed by atoms with E-state index in [0.29, 0.717) is 5.13 Å². The first-order valence-electron chi connectivity index (χ1n) is 2.18. The second-order valence-corrected chi connectivity index (χ2v) is 2.16. The zero-order valence-electron chi connectivity index (χ0n) is 4.37. The minimum atomic E-state index is -1.08. The molecule has 0 aliphatic rings. The summed E-state index contributed by atoms with van der Waals surface area (Å²) in [5, 5.41) is 12.4. The monoisotopic (exact) mass is 144 g/mol. The van der Waals surface area contributed by atoms with Crippen LogP contribution in [-0.2, 0) is 0 Å². The predicted octanol–water partition coefficient (Wildman–Crippen LogP) is 1.23. The first-order chi connectivity index (χ1) is 4.29. The molecule has 0 saturated carbocycles. The van der Waals surface area contributed by atoms with Crippen LogP contribution in [0.5, 0.6) is 0 Å². The molecule has 0 atom stereocenters. The van der Waals surface area contributed by atoms with E-state index in [1.807, 2.05) is 0 Å². The second kappa shape index (κ2) is 2.45. The van der Waals surface area contributed by atoms with E-state index in [1.54, 1.807) is 5.38 Å². The van der Waals surface area contributed by atoms with Crippen LogP contribution < -0.4 is 5.32 Å². The van der Waals surface area contributed by atoms with Gasteiger partial charge in [0, 0.05) is 11.6 Å². The Balaban J connectivity index is 2.58. The number of hydrogen-bond donors (Lipinski definition) is 2. The molecule has 0 radical (unpaired) electrons. The summed E-state index contributed by atoms with van der Waals surface area (Å²) in [7, 11) is 0. The highest BCUT2D eigenvalue weighted by atomic mass is 32.1. The van der Waals surface area contributed by atoms with Crippen molar-refractivity contribution in [2.75, 3.05) is 5.32 Å². The van der Waals surface area contributed by atoms with E-state index in [1.165, 1.54) is 17.5 Å². The van der Waals surface area contributed by atoms with Gasteiger partial charge in [0.2, 0.25) is 0 Å². The van der Waals surface area contributed by atoms with Crippen LogP contribution in [-0.4, -0.2) is 16.2 Å². The van der Waals surface area contributed by atoms with Crippen LogP contribution in [0.4, 0.5) is 9.93 Å². The summed E-state index contributed by atoms with van der Waals surface area (Å²) >= 11 is 1.25. The van der Waals surface area contributed by atoms with Gasteiger partial charge in [0.15, 0.2) is 5.13 Å². The van der Waals surface area contributed by atoms with E-state index in [2.05, 4.69) is 10.3 Å². The lowest BCUT2D eigenvalue weighted by Crippen LogP contribution is -2.06. The smallest absolute Gasteiger partial charge is 0.410 e. The van der Waals surface area contributed by atoms with Crippen molar-refractivity contribution in [3.8, 4) is 0 Å². The van der Waals surface area contributed by atoms with Gasteiger partial charge in [-0.05, 0) is 0 Å². The molecular formula is C4H4N2O2S. The van der Waals surface area contributed by atoms with E-state index < -0.39 is 6.09 Å². The number of amides is 1. The van der Waals surface area contributed by atoms with E-state index in [0.717, 1.165) is 0 Å². The number of nitrogens with zero attached hydrogens (tertiary/aromatic N) is 1. The number of thiazole rings is 1. The van der Waals surface area contributed by atoms with Gasteiger partial charge in [-0.25, -0.2) is 9.78 Å². The van der Waals surface area contributed by atoms with Gasteiger partial charge in [0.1, 0.15) is 0 Å². The number of anilines is 1. The third-order valence-electron chi connectivity index (χ3n) is 0.646. The molecule has 1 aromatic rings. The lowest BCUT2D eigenvalue weighted by atomic mass is 11.0. The standard InChI is InChI=1S/C4H4N2O2S/c7-4(8)6-3-5-1-2-9-3/h1-2H,(H,5,6)(H,7,8). The summed E-state index contributed by atoms with van der Waals surface area (Å²) < 4.78 is 0. The van der Waals surface area contributed by atoms with Gasteiger partial charge in [0.25, 0.3) is 0 Å². The van der Waals surface area contributed by atoms with E-state index in [4.69, 9.17) is 5.11 Å². The van der Waals surface area contributed by atoms with Crippen molar-refractivity contribution >= 4 is 22.6 Å². The maximum atomic E-state index is 9.92. The fraction of sp³-hybridized carbons (Fsp3) is 0. The second-order valence-electron chi connectivity index (χ2n) is 1.27. The van der Waals surface area contributed by atoms with E-state index in [-0.39, 0.29) is 0 Å². The van der Waals surface area contributed by atoms with Crippen LogP contribution >= 0.6 is 11.3 Å². The molecule has 0 aliphatic carbocycles. The lowest BCUT2D eigenvalue weighted by Gasteiger charge is -1.89. The molecule has 0 bridgehead atoms. The zero-order chi connectivity index (χ0) is 6.69. The van der Waals surface area contributed by atoms with Gasteiger partial charge in [-0.15, -0.1) is 11.3 Å². The maximum Gasteiger partial charge on any atom is 0.410 e. The lowest BCUT2D eigenvalue weighted by molar-refractivity contribution is 0.209. The molecule has 0 aromatic carbocycles. The Morgan fingerprint density at radius 1 is 1.89 bits per heavy atom. The first kappa shape index (κ1) is 6.03. The van der Waals surface area contributed by atoms with Crippen molar-refractivity contribution in [1.29, 1.82) is 0 Å². The number of rotatable bonds is 1. The van der Waals surface area contributed by atoms with Crippen molar-refractivity contribution in [3.63, 3.8) is 0 Å². The fourth-order valence-corrected chi connectivity index (χ4v) is 0.895. The van der Waals surface area contributed by atoms with Crippen molar-refractivity contribution < 1.29 is 9.90 Å². The Kier molecular flexibility index (Phi) is 1.64. The highest BCUT2D eigenvalue weighted by Crippen LogP contribution is 2.08. The summed E-state index contributed by atoms with van der Waals surface area (Å²) in [4.78, 5) is 13.6. The molecule has 5 heteroatoms. The Bertz CT molecular complexity index is 196. The number of aromatic nitrogens is 1. The van der Waals surface area contributed by atoms with Crippen LogP contribution in [0.25, 0.3) is 0 Å². The molecule has 4 nitrogen and oxygen atoms in total. The Morgan fingerprint density at radius 3 is 3.11 bits per heavy atom. The van der Waals surface area contributed by atoms with Gasteiger partial charge in [0.05, 0.1) is 0 Å². The maximum absolute atomic E-state index is 9.92. The molecular weight excluding hydrogens is 140 g/mol. The first-order valence-corrected chi connectivity index (χ1v) is 3.06. The molecule has 0 saturated heterocycles. The average Bonchev–Trinajstić information content (AvgIpc) is 2.15. The quantitative estimate of drug-likeness (QED) is 0.623. The molecule has 1 rings (SSSR count). The number of carbonyl (C=O) groups is 1. The normalized spacial score (nSPS) is 8.89. The van der Waals surface area contributed by atoms with Crippen molar-refractivity contribution in [3.05, 3.63) is 11.6 Å². The Hall–Kier alpha value is -1.10. The molecule has 0 fully saturated rings. The minimum Gasteiger partial charge on any atom is -0.465 e. The summed E-state index contributed by atoms with van der Waals surface area (Å²) in [5.74, 6) is 0. The van der Waals surface area contributed by atoms with Gasteiger partial charge < -0.3 is 5.11 Å². The largest absolute Gasteiger partial charge is 0.465 e. The molecule has 0 spiro atoms. The van der Waals surface area contributed by atoms with Gasteiger partial charge >= 0.3 is 6.09 Å². The number of carboxylic acid groups (broad SMARTS) is 1. The van der Waals surface area contributed by atoms with E-state index in [9.17, 15) is 4.79 Å². The van der Waals surface area contributed by atoms with E-state index >= 15 is 0 Å². The summed E-state index contributed by atoms with van der Waals surface area (Å²) in [6.07, 6.45) is 0.459. The number of hydrogen-bond acceptors (Lipinski definition) is 3. The predicted molar refractivity (Wildman–Crippen MR) is 33.8 cm³/mol. The van der Waals surface area contributed by atoms with Crippen molar-refractivity contribution in [2.45, 2.75) is 0 Å². The van der Waals surface area contributed by atoms with Gasteiger partial charge in [-0.1, -0.05) is 0 Å². The highest BCUT2D eigenvalue weighted by Gasteiger charge is 1.96. The molecule has 0 unspecified atom stereocenters. The van der Waals surface area contributed by atoms with Gasteiger partial charge in [-0.3, -0.25) is 5.32 Å². The summed E-state index contributed by atoms with van der Waals surface area (Å²) in [6.45, 7) is 0. The van der Waals surface area contributed by atoms with Crippen LogP contribution in [0.1, 0.15) is 0 Å². The molecule has 9 heavy (non-hydrogen) atoms. The molecule has 1 amide bonds. The third kappa shape index (κ3) is 1.69. The SMILES string of the molecule is O=C(O)Nc1nccs1. The molecule has 2 N–H and O–H groups in total. The zero-order valence-corrected chi connectivity index (χ0v) is 5.18. The highest BCUT2D eigenvalue weighted by molar-refractivity contribution is 7.13. The third-order valence-corrected chi connectivity index (χ3v) is 1.33. The topological polar surface area (TPSA) is 62.2 Å². The Morgan fingerprint density at radius 2 is 2.67 bits per heavy atom. The Labute approximate surface area is 55.2 Å². The summed E-state index contributed by atoms with van der Waals surface area (Å²) in [5.41, 5.74) is 0. The molecule has 0 aliphatic heterocycles. The van der Waals surface area contributed by atoms with Gasteiger partial charge in [-0.2, -0.15) is 0 Å². The van der Waals surface area contributed by atoms with Crippen LogP contribution in [0.2, 0.25) is 0 Å². The van der Waals surface area contributed by atoms with Crippen molar-refractivity contribution in [2.24, 2.45) is 0 Å². The van der Waals surface area contributed by atoms with Crippen LogP contribution in [0, 0.1) is 0 Å². The summed E-state index contributed by atoms with van der Waals surface area (Å²) in [6, 6.07) is 0. The van der Waals surface area contributed by atoms with Crippen LogP contribution in [0.15, 0.2) is 11.6 Å². The van der Waals surface area contributed by atoms with Crippen LogP contribution in [0.3, 0.4) is 0 Å². The van der Waals surface area contributed by atoms with Crippen molar-refractivity contribution in [1.82, 2.24) is 4.98 Å².